The minimum absolute atomic E-state index is 0.158. The number of benzene rings is 2. The van der Waals surface area contributed by atoms with E-state index in [0.717, 1.165) is 0 Å². The van der Waals surface area contributed by atoms with Crippen LogP contribution >= 0.6 is 11.8 Å². The van der Waals surface area contributed by atoms with Gasteiger partial charge in [-0.05, 0) is 37.3 Å². The van der Waals surface area contributed by atoms with Gasteiger partial charge in [0.2, 0.25) is 5.91 Å². The van der Waals surface area contributed by atoms with Crippen LogP contribution in [-0.2, 0) is 14.3 Å². The molecule has 2 amide bonds. The molecule has 2 heterocycles. The van der Waals surface area contributed by atoms with Gasteiger partial charge in [0, 0.05) is 5.56 Å². The zero-order valence-electron chi connectivity index (χ0n) is 15.4. The summed E-state index contributed by atoms with van der Waals surface area (Å²) >= 11 is 1.23. The van der Waals surface area contributed by atoms with Crippen molar-refractivity contribution in [1.82, 2.24) is 0 Å². The van der Waals surface area contributed by atoms with E-state index in [4.69, 9.17) is 4.74 Å². The molecule has 1 fully saturated rings. The van der Waals surface area contributed by atoms with Crippen LogP contribution in [0.2, 0.25) is 0 Å². The zero-order valence-corrected chi connectivity index (χ0v) is 16.2. The van der Waals surface area contributed by atoms with Crippen LogP contribution in [0.4, 0.5) is 11.4 Å². The van der Waals surface area contributed by atoms with Crippen LogP contribution < -0.4 is 10.2 Å². The molecule has 2 aromatic carbocycles. The van der Waals surface area contributed by atoms with Crippen molar-refractivity contribution in [3.63, 3.8) is 0 Å². The van der Waals surface area contributed by atoms with Gasteiger partial charge in [0.15, 0.2) is 10.9 Å². The molecule has 0 spiro atoms. The van der Waals surface area contributed by atoms with E-state index in [-0.39, 0.29) is 29.9 Å². The highest BCUT2D eigenvalue weighted by Gasteiger charge is 2.31. The molecule has 8 nitrogen and oxygen atoms in total. The van der Waals surface area contributed by atoms with Crippen LogP contribution in [0.3, 0.4) is 0 Å². The first-order chi connectivity index (χ1) is 14.1. The fourth-order valence-electron chi connectivity index (χ4n) is 2.95. The number of ether oxygens (including phenoxy) is 1. The van der Waals surface area contributed by atoms with Crippen molar-refractivity contribution in [1.29, 1.82) is 0 Å². The number of anilines is 2. The van der Waals surface area contributed by atoms with Crippen molar-refractivity contribution >= 4 is 51.8 Å². The normalized spacial score (nSPS) is 18.3. The summed E-state index contributed by atoms with van der Waals surface area (Å²) in [5, 5.41) is 11.4. The van der Waals surface area contributed by atoms with Crippen molar-refractivity contribution in [2.75, 3.05) is 22.6 Å². The summed E-state index contributed by atoms with van der Waals surface area (Å²) in [5.41, 5.74) is 2.50. The molecule has 0 saturated carbocycles. The lowest BCUT2D eigenvalue weighted by atomic mass is 10.1. The number of nitrogens with one attached hydrogen (secondary N) is 1. The average molecular weight is 408 g/mol. The van der Waals surface area contributed by atoms with E-state index in [1.54, 1.807) is 43.3 Å². The van der Waals surface area contributed by atoms with E-state index >= 15 is 0 Å². The molecule has 0 atom stereocenters. The standard InChI is InChI=1S/C20H16N4O4S/c1-2-28-19(27)12-7-9-13(10-8-12)24-16(25)11-29-20(24)23-22-17-14-5-3-4-6-15(14)21-18(17)26/h3-10H,2,11H2,1H3,(H,21,22,26)/b23-20-. The monoisotopic (exact) mass is 408 g/mol. The van der Waals surface area contributed by atoms with Crippen molar-refractivity contribution in [3.05, 3.63) is 59.7 Å². The maximum atomic E-state index is 12.4. The molecule has 0 unspecified atom stereocenters. The van der Waals surface area contributed by atoms with Gasteiger partial charge in [0.05, 0.1) is 29.3 Å². The number of amidine groups is 1. The summed E-state index contributed by atoms with van der Waals surface area (Å²) in [5.74, 6) is -0.705. The van der Waals surface area contributed by atoms with E-state index in [1.165, 1.54) is 16.7 Å². The minimum atomic E-state index is -0.424. The molecule has 0 radical (unpaired) electrons. The Labute approximate surface area is 170 Å². The van der Waals surface area contributed by atoms with Crippen molar-refractivity contribution in [3.8, 4) is 0 Å². The van der Waals surface area contributed by atoms with Gasteiger partial charge in [0.1, 0.15) is 0 Å². The summed E-state index contributed by atoms with van der Waals surface area (Å²) in [6.45, 7) is 2.02. The Hall–Kier alpha value is -3.46. The van der Waals surface area contributed by atoms with Crippen LogP contribution in [-0.4, -0.2) is 41.0 Å². The number of carbonyl (C=O) groups excluding carboxylic acids is 3. The number of nitrogens with zero attached hydrogens (tertiary/aromatic N) is 3. The maximum Gasteiger partial charge on any atom is 0.338 e. The second-order valence-electron chi connectivity index (χ2n) is 6.12. The number of hydrogen-bond donors (Lipinski definition) is 1. The van der Waals surface area contributed by atoms with Crippen molar-refractivity contribution in [2.45, 2.75) is 6.92 Å². The number of carbonyl (C=O) groups is 3. The molecule has 146 valence electrons. The Morgan fingerprint density at radius 3 is 2.66 bits per heavy atom. The lowest BCUT2D eigenvalue weighted by Gasteiger charge is -2.15. The molecular formula is C20H16N4O4S. The number of rotatable bonds is 4. The van der Waals surface area contributed by atoms with Crippen LogP contribution in [0.25, 0.3) is 0 Å². The van der Waals surface area contributed by atoms with Gasteiger partial charge < -0.3 is 10.1 Å². The van der Waals surface area contributed by atoms with Gasteiger partial charge in [-0.1, -0.05) is 30.0 Å². The Morgan fingerprint density at radius 1 is 1.14 bits per heavy atom. The highest BCUT2D eigenvalue weighted by atomic mass is 32.2. The lowest BCUT2D eigenvalue weighted by molar-refractivity contribution is -0.115. The Morgan fingerprint density at radius 2 is 1.90 bits per heavy atom. The van der Waals surface area contributed by atoms with Gasteiger partial charge >= 0.3 is 5.97 Å². The zero-order chi connectivity index (χ0) is 20.4. The second-order valence-corrected chi connectivity index (χ2v) is 7.06. The number of para-hydroxylation sites is 1. The first-order valence-corrected chi connectivity index (χ1v) is 9.86. The Bertz CT molecular complexity index is 1060. The fraction of sp³-hybridized carbons (Fsp3) is 0.150. The fourth-order valence-corrected chi connectivity index (χ4v) is 3.76. The van der Waals surface area contributed by atoms with E-state index < -0.39 is 5.97 Å². The van der Waals surface area contributed by atoms with Gasteiger partial charge in [-0.3, -0.25) is 14.5 Å². The quantitative estimate of drug-likeness (QED) is 0.619. The molecule has 9 heteroatoms. The van der Waals surface area contributed by atoms with Crippen LogP contribution in [0.15, 0.2) is 58.7 Å². The number of amides is 2. The summed E-state index contributed by atoms with van der Waals surface area (Å²) in [6, 6.07) is 13.7. The number of fused-ring (bicyclic) bond motifs is 1. The topological polar surface area (TPSA) is 100 Å². The molecule has 2 aliphatic heterocycles. The highest BCUT2D eigenvalue weighted by Crippen LogP contribution is 2.28. The summed E-state index contributed by atoms with van der Waals surface area (Å²) < 4.78 is 4.97. The van der Waals surface area contributed by atoms with E-state index in [1.807, 2.05) is 12.1 Å². The Balaban J connectivity index is 1.62. The van der Waals surface area contributed by atoms with Crippen LogP contribution in [0, 0.1) is 0 Å². The van der Waals surface area contributed by atoms with E-state index in [2.05, 4.69) is 15.5 Å². The lowest BCUT2D eigenvalue weighted by Crippen LogP contribution is -2.29. The molecule has 1 saturated heterocycles. The second kappa shape index (κ2) is 7.88. The largest absolute Gasteiger partial charge is 0.462 e. The smallest absolute Gasteiger partial charge is 0.338 e. The van der Waals surface area contributed by atoms with E-state index in [9.17, 15) is 14.4 Å². The summed E-state index contributed by atoms with van der Waals surface area (Å²) in [6.07, 6.45) is 0. The molecule has 2 aliphatic rings. The molecule has 29 heavy (non-hydrogen) atoms. The van der Waals surface area contributed by atoms with Gasteiger partial charge in [-0.25, -0.2) is 4.79 Å². The predicted octanol–water partition coefficient (Wildman–Crippen LogP) is 2.66. The van der Waals surface area contributed by atoms with Crippen molar-refractivity contribution < 1.29 is 19.1 Å². The first kappa shape index (κ1) is 18.9. The van der Waals surface area contributed by atoms with Crippen LogP contribution in [0.5, 0.6) is 0 Å². The molecular weight excluding hydrogens is 392 g/mol. The Kier molecular flexibility index (Phi) is 5.13. The van der Waals surface area contributed by atoms with Crippen LogP contribution in [0.1, 0.15) is 22.8 Å². The number of thioether (sulfide) groups is 1. The van der Waals surface area contributed by atoms with Gasteiger partial charge in [-0.2, -0.15) is 0 Å². The molecule has 0 aliphatic carbocycles. The summed E-state index contributed by atoms with van der Waals surface area (Å²) in [7, 11) is 0. The maximum absolute atomic E-state index is 12.4. The third kappa shape index (κ3) is 3.64. The number of hydrogen-bond acceptors (Lipinski definition) is 7. The molecule has 4 rings (SSSR count). The molecule has 0 bridgehead atoms. The third-order valence-corrected chi connectivity index (χ3v) is 5.20. The van der Waals surface area contributed by atoms with E-state index in [0.29, 0.717) is 27.7 Å². The molecule has 0 aromatic heterocycles. The minimum Gasteiger partial charge on any atom is -0.462 e. The molecule has 2 aromatic rings. The van der Waals surface area contributed by atoms with Gasteiger partial charge in [0.25, 0.3) is 5.91 Å². The van der Waals surface area contributed by atoms with Gasteiger partial charge in [-0.15, -0.1) is 10.2 Å². The highest BCUT2D eigenvalue weighted by molar-refractivity contribution is 8.15. The molecule has 1 N–H and O–H groups in total. The summed E-state index contributed by atoms with van der Waals surface area (Å²) in [4.78, 5) is 37.8. The predicted molar refractivity (Wildman–Crippen MR) is 111 cm³/mol. The number of esters is 1. The SMILES string of the molecule is CCOC(=O)c1ccc(N2C(=O)CS/C2=N\N=C2/C(=O)Nc3ccccc32)cc1. The van der Waals surface area contributed by atoms with Crippen molar-refractivity contribution in [2.24, 2.45) is 10.2 Å². The third-order valence-electron chi connectivity index (χ3n) is 4.28. The first-order valence-electron chi connectivity index (χ1n) is 8.88. The average Bonchev–Trinajstić information content (AvgIpc) is 3.25.